The van der Waals surface area contributed by atoms with Gasteiger partial charge in [-0.25, -0.2) is 0 Å². The molecule has 0 bridgehead atoms. The molecule has 0 saturated heterocycles. The van der Waals surface area contributed by atoms with Gasteiger partial charge < -0.3 is 31.1 Å². The number of nitrogens with one attached hydrogen (secondary N) is 2. The number of hydrogen-bond donors (Lipinski definition) is 6. The molecule has 0 spiro atoms. The zero-order chi connectivity index (χ0) is 19.9. The minimum atomic E-state index is -0.960. The fraction of sp³-hybridized carbons (Fsp3) is 0.111. The largest absolute Gasteiger partial charge is 0.506 e. The summed E-state index contributed by atoms with van der Waals surface area (Å²) in [5.74, 6) is -1.81. The van der Waals surface area contributed by atoms with Gasteiger partial charge in [-0.05, 0) is 24.3 Å². The van der Waals surface area contributed by atoms with Crippen LogP contribution in [0, 0.1) is 0 Å². The third-order valence-corrected chi connectivity index (χ3v) is 2.67. The Hall–Kier alpha value is -3.16. The van der Waals surface area contributed by atoms with Gasteiger partial charge in [0.05, 0.1) is 11.4 Å². The van der Waals surface area contributed by atoms with Gasteiger partial charge in [-0.3, -0.25) is 9.59 Å². The molecular formula is C18H22FeN2O6. The topological polar surface area (TPSA) is 139 Å². The fourth-order valence-electron chi connectivity index (χ4n) is 1.59. The molecule has 0 aliphatic carbocycles. The summed E-state index contributed by atoms with van der Waals surface area (Å²) in [6.45, 7) is 5.61. The predicted molar refractivity (Wildman–Crippen MR) is 99.7 cm³/mol. The summed E-state index contributed by atoms with van der Waals surface area (Å²) in [5.41, 5.74) is 0.861. The molecule has 9 heteroatoms. The van der Waals surface area contributed by atoms with Crippen LogP contribution in [0.1, 0.15) is 0 Å². The summed E-state index contributed by atoms with van der Waals surface area (Å²) in [6, 6.07) is 13.0. The minimum Gasteiger partial charge on any atom is -0.506 e. The minimum absolute atomic E-state index is 0. The van der Waals surface area contributed by atoms with Crippen molar-refractivity contribution in [2.45, 2.75) is 0 Å². The van der Waals surface area contributed by atoms with E-state index in [1.807, 2.05) is 0 Å². The monoisotopic (exact) mass is 418 g/mol. The Balaban J connectivity index is 0. The fourth-order valence-corrected chi connectivity index (χ4v) is 1.59. The molecule has 27 heavy (non-hydrogen) atoms. The van der Waals surface area contributed by atoms with Gasteiger partial charge >= 0.3 is 11.9 Å². The van der Waals surface area contributed by atoms with Gasteiger partial charge in [0.25, 0.3) is 0 Å². The van der Waals surface area contributed by atoms with Crippen LogP contribution in [0.25, 0.3) is 0 Å². The van der Waals surface area contributed by atoms with E-state index in [2.05, 4.69) is 23.8 Å². The van der Waals surface area contributed by atoms with E-state index in [1.165, 1.54) is 12.1 Å². The molecule has 0 aliphatic heterocycles. The number of phenols is 2. The van der Waals surface area contributed by atoms with Gasteiger partial charge in [0, 0.05) is 17.1 Å². The number of carbonyl (C=O) groups is 2. The number of aromatic hydroxyl groups is 2. The molecule has 6 N–H and O–H groups in total. The van der Waals surface area contributed by atoms with E-state index >= 15 is 0 Å². The van der Waals surface area contributed by atoms with Gasteiger partial charge in [0.2, 0.25) is 0 Å². The first-order valence-corrected chi connectivity index (χ1v) is 7.37. The van der Waals surface area contributed by atoms with Crippen LogP contribution >= 0.6 is 0 Å². The Kier molecular flexibility index (Phi) is 14.6. The molecule has 0 aliphatic rings. The van der Waals surface area contributed by atoms with Crippen LogP contribution in [0.5, 0.6) is 11.5 Å². The molecule has 0 heterocycles. The summed E-state index contributed by atoms with van der Waals surface area (Å²) >= 11 is 0. The van der Waals surface area contributed by atoms with E-state index in [0.717, 1.165) is 0 Å². The molecule has 0 atom stereocenters. The molecule has 0 aromatic heterocycles. The van der Waals surface area contributed by atoms with Crippen molar-refractivity contribution in [3.8, 4) is 11.5 Å². The summed E-state index contributed by atoms with van der Waals surface area (Å²) < 4.78 is 0. The van der Waals surface area contributed by atoms with E-state index in [-0.39, 0.29) is 41.7 Å². The van der Waals surface area contributed by atoms with Gasteiger partial charge in [-0.1, -0.05) is 24.3 Å². The first-order chi connectivity index (χ1) is 12.4. The number of carboxylic acid groups (broad SMARTS) is 2. The maximum Gasteiger partial charge on any atom is 0.322 e. The number of benzene rings is 2. The number of phenolic OH excluding ortho intramolecular Hbond substituents is 2. The number of rotatable bonds is 6. The van der Waals surface area contributed by atoms with E-state index < -0.39 is 11.9 Å². The summed E-state index contributed by atoms with van der Waals surface area (Å²) in [6.07, 6.45) is 0. The van der Waals surface area contributed by atoms with Gasteiger partial charge in [-0.2, -0.15) is 0 Å². The van der Waals surface area contributed by atoms with Crippen molar-refractivity contribution in [3.05, 3.63) is 61.7 Å². The SMILES string of the molecule is C=C.O=C(O)CNc1ccccc1O.O=C(O)CNc1ccccc1O.[Fe]. The Morgan fingerprint density at radius 1 is 0.741 bits per heavy atom. The molecule has 8 nitrogen and oxygen atoms in total. The Bertz CT molecular complexity index is 652. The van der Waals surface area contributed by atoms with Crippen molar-refractivity contribution in [2.24, 2.45) is 0 Å². The van der Waals surface area contributed by atoms with Crippen LogP contribution in [0.2, 0.25) is 0 Å². The van der Waals surface area contributed by atoms with Crippen LogP contribution in [-0.2, 0) is 26.7 Å². The molecule has 0 amide bonds. The average Bonchev–Trinajstić information content (AvgIpc) is 2.62. The molecular weight excluding hydrogens is 396 g/mol. The van der Waals surface area contributed by atoms with Crippen LogP contribution in [0.3, 0.4) is 0 Å². The number of para-hydroxylation sites is 4. The van der Waals surface area contributed by atoms with E-state index in [0.29, 0.717) is 11.4 Å². The first kappa shape index (κ1) is 26.1. The second-order valence-corrected chi connectivity index (χ2v) is 4.53. The predicted octanol–water partition coefficient (Wildman–Crippen LogP) is 2.58. The molecule has 0 unspecified atom stereocenters. The van der Waals surface area contributed by atoms with Crippen LogP contribution in [0.15, 0.2) is 61.7 Å². The maximum absolute atomic E-state index is 10.1. The van der Waals surface area contributed by atoms with E-state index in [4.69, 9.17) is 20.4 Å². The summed E-state index contributed by atoms with van der Waals surface area (Å²) in [4.78, 5) is 20.3. The zero-order valence-electron chi connectivity index (χ0n) is 14.4. The summed E-state index contributed by atoms with van der Waals surface area (Å²) in [7, 11) is 0. The second-order valence-electron chi connectivity index (χ2n) is 4.53. The quantitative estimate of drug-likeness (QED) is 0.239. The molecule has 2 aromatic rings. The number of aliphatic carboxylic acids is 2. The van der Waals surface area contributed by atoms with Crippen molar-refractivity contribution >= 4 is 23.3 Å². The Morgan fingerprint density at radius 2 is 1.04 bits per heavy atom. The van der Waals surface area contributed by atoms with Crippen LogP contribution < -0.4 is 10.6 Å². The van der Waals surface area contributed by atoms with Crippen molar-refractivity contribution < 1.29 is 47.1 Å². The van der Waals surface area contributed by atoms with Crippen LogP contribution in [0.4, 0.5) is 11.4 Å². The van der Waals surface area contributed by atoms with Gasteiger partial charge in [0.1, 0.15) is 24.6 Å². The smallest absolute Gasteiger partial charge is 0.322 e. The van der Waals surface area contributed by atoms with Gasteiger partial charge in [-0.15, -0.1) is 13.2 Å². The van der Waals surface area contributed by atoms with Gasteiger partial charge in [0.15, 0.2) is 0 Å². The first-order valence-electron chi connectivity index (χ1n) is 7.37. The molecule has 2 rings (SSSR count). The standard InChI is InChI=1S/2C8H9NO3.C2H4.Fe/c2*10-7-4-2-1-3-6(7)9-5-8(11)12;1-2;/h2*1-4,9-10H,5H2,(H,11,12);1-2H2;. The van der Waals surface area contributed by atoms with Crippen molar-refractivity contribution in [1.29, 1.82) is 0 Å². The molecule has 0 radical (unpaired) electrons. The van der Waals surface area contributed by atoms with Crippen LogP contribution in [-0.4, -0.2) is 45.5 Å². The summed E-state index contributed by atoms with van der Waals surface area (Å²) in [5, 5.41) is 40.1. The van der Waals surface area contributed by atoms with Crippen molar-refractivity contribution in [2.75, 3.05) is 23.7 Å². The third-order valence-electron chi connectivity index (χ3n) is 2.67. The molecule has 0 fully saturated rings. The average molecular weight is 418 g/mol. The number of anilines is 2. The molecule has 0 saturated carbocycles. The normalized spacial score (nSPS) is 8.44. The van der Waals surface area contributed by atoms with E-state index in [9.17, 15) is 9.59 Å². The number of hydrogen-bond acceptors (Lipinski definition) is 6. The maximum atomic E-state index is 10.1. The molecule has 2 aromatic carbocycles. The third kappa shape index (κ3) is 11.9. The molecule has 148 valence electrons. The Labute approximate surface area is 167 Å². The second kappa shape index (κ2) is 15.1. The van der Waals surface area contributed by atoms with E-state index in [1.54, 1.807) is 36.4 Å². The number of carboxylic acids is 2. The zero-order valence-corrected chi connectivity index (χ0v) is 15.5. The van der Waals surface area contributed by atoms with Crippen molar-refractivity contribution in [1.82, 2.24) is 0 Å². The Morgan fingerprint density at radius 3 is 1.30 bits per heavy atom. The van der Waals surface area contributed by atoms with Crippen molar-refractivity contribution in [3.63, 3.8) is 0 Å².